The Morgan fingerprint density at radius 3 is 2.46 bits per heavy atom. The van der Waals surface area contributed by atoms with Crippen LogP contribution in [0.5, 0.6) is 5.75 Å². The summed E-state index contributed by atoms with van der Waals surface area (Å²) in [7, 11) is 5.77. The highest BCUT2D eigenvalue weighted by atomic mass is 16.5. The lowest BCUT2D eigenvalue weighted by molar-refractivity contribution is 0.383. The maximum atomic E-state index is 12.7. The summed E-state index contributed by atoms with van der Waals surface area (Å²) >= 11 is 0. The molecule has 0 spiro atoms. The minimum Gasteiger partial charge on any atom is -0.497 e. The fraction of sp³-hybridized carbons (Fsp3) is 0.304. The normalized spacial score (nSPS) is 11.6. The van der Waals surface area contributed by atoms with Gasteiger partial charge in [-0.25, -0.2) is 4.68 Å². The zero-order valence-corrected chi connectivity index (χ0v) is 16.8. The second-order valence-corrected chi connectivity index (χ2v) is 7.14. The van der Waals surface area contributed by atoms with Gasteiger partial charge in [-0.05, 0) is 68.9 Å². The zero-order valence-electron chi connectivity index (χ0n) is 16.8. The number of fused-ring (bicyclic) bond motifs is 1. The van der Waals surface area contributed by atoms with Gasteiger partial charge >= 0.3 is 0 Å². The van der Waals surface area contributed by atoms with Gasteiger partial charge in [0.15, 0.2) is 0 Å². The van der Waals surface area contributed by atoms with Gasteiger partial charge in [-0.1, -0.05) is 30.4 Å². The van der Waals surface area contributed by atoms with Crippen LogP contribution in [0.3, 0.4) is 0 Å². The summed E-state index contributed by atoms with van der Waals surface area (Å²) < 4.78 is 6.75. The lowest BCUT2D eigenvalue weighted by Gasteiger charge is -2.10. The highest BCUT2D eigenvalue weighted by molar-refractivity contribution is 5.84. The van der Waals surface area contributed by atoms with Crippen LogP contribution in [0.4, 0.5) is 0 Å². The van der Waals surface area contributed by atoms with E-state index in [1.54, 1.807) is 18.0 Å². The fourth-order valence-electron chi connectivity index (χ4n) is 3.07. The Bertz CT molecular complexity index is 1000. The third-order valence-corrected chi connectivity index (χ3v) is 4.69. The van der Waals surface area contributed by atoms with Gasteiger partial charge in [0.2, 0.25) is 0 Å². The Morgan fingerprint density at radius 2 is 1.75 bits per heavy atom. The van der Waals surface area contributed by atoms with E-state index in [2.05, 4.69) is 24.1 Å². The zero-order chi connectivity index (χ0) is 19.9. The van der Waals surface area contributed by atoms with Crippen molar-refractivity contribution in [1.82, 2.24) is 14.7 Å². The minimum atomic E-state index is -0.0203. The van der Waals surface area contributed by atoms with E-state index in [1.165, 1.54) is 0 Å². The molecule has 1 heterocycles. The molecule has 0 saturated carbocycles. The largest absolute Gasteiger partial charge is 0.497 e. The molecular weight excluding hydrogens is 350 g/mol. The molecule has 5 nitrogen and oxygen atoms in total. The highest BCUT2D eigenvalue weighted by Crippen LogP contribution is 2.16. The second kappa shape index (κ2) is 9.33. The van der Waals surface area contributed by atoms with Gasteiger partial charge in [-0.15, -0.1) is 0 Å². The number of aryl methyl sites for hydroxylation is 1. The molecular formula is C23H27N3O2. The lowest BCUT2D eigenvalue weighted by atomic mass is 10.1. The third kappa shape index (κ3) is 5.08. The van der Waals surface area contributed by atoms with E-state index in [9.17, 15) is 4.79 Å². The molecule has 1 aromatic heterocycles. The van der Waals surface area contributed by atoms with Crippen molar-refractivity contribution < 1.29 is 4.74 Å². The first-order valence-electron chi connectivity index (χ1n) is 9.53. The predicted molar refractivity (Wildman–Crippen MR) is 116 cm³/mol. The molecule has 0 saturated heterocycles. The quantitative estimate of drug-likeness (QED) is 0.441. The van der Waals surface area contributed by atoms with Gasteiger partial charge in [0.1, 0.15) is 5.75 Å². The second-order valence-electron chi connectivity index (χ2n) is 7.14. The lowest BCUT2D eigenvalue weighted by Crippen LogP contribution is -2.23. The molecule has 0 N–H and O–H groups in total. The van der Waals surface area contributed by atoms with Crippen molar-refractivity contribution in [2.75, 3.05) is 27.7 Å². The standard InChI is InChI=1S/C23H27N3O2/c1-25(2)14-4-5-15-26-23(27)22-13-10-19(16-20(22)17-24-26)7-6-18-8-11-21(28-3)12-9-18/h6-13,16-17H,4-5,14-15H2,1-3H3/b7-6+. The first-order chi connectivity index (χ1) is 13.6. The molecule has 3 rings (SSSR count). The Labute approximate surface area is 165 Å². The molecule has 0 radical (unpaired) electrons. The van der Waals surface area contributed by atoms with E-state index >= 15 is 0 Å². The van der Waals surface area contributed by atoms with E-state index in [4.69, 9.17) is 4.74 Å². The van der Waals surface area contributed by atoms with E-state index < -0.39 is 0 Å². The first-order valence-corrected chi connectivity index (χ1v) is 9.53. The van der Waals surface area contributed by atoms with Crippen molar-refractivity contribution in [3.05, 3.63) is 70.1 Å². The van der Waals surface area contributed by atoms with Crippen LogP contribution in [0.1, 0.15) is 24.0 Å². The van der Waals surface area contributed by atoms with E-state index in [1.807, 2.05) is 54.6 Å². The Morgan fingerprint density at radius 1 is 1.04 bits per heavy atom. The molecule has 0 unspecified atom stereocenters. The summed E-state index contributed by atoms with van der Waals surface area (Å²) in [4.78, 5) is 14.8. The van der Waals surface area contributed by atoms with E-state index in [0.717, 1.165) is 41.6 Å². The Hall–Kier alpha value is -2.92. The highest BCUT2D eigenvalue weighted by Gasteiger charge is 2.05. The Kier molecular flexibility index (Phi) is 6.61. The molecule has 2 aromatic carbocycles. The number of unbranched alkanes of at least 4 members (excludes halogenated alkanes) is 1. The number of ether oxygens (including phenoxy) is 1. The number of hydrogen-bond donors (Lipinski definition) is 0. The van der Waals surface area contributed by atoms with Gasteiger partial charge in [-0.2, -0.15) is 5.10 Å². The number of methoxy groups -OCH3 is 1. The number of nitrogens with zero attached hydrogens (tertiary/aromatic N) is 3. The summed E-state index contributed by atoms with van der Waals surface area (Å²) in [5, 5.41) is 5.93. The number of rotatable bonds is 8. The molecule has 5 heteroatoms. The van der Waals surface area contributed by atoms with Gasteiger partial charge in [-0.3, -0.25) is 4.79 Å². The van der Waals surface area contributed by atoms with Gasteiger partial charge in [0, 0.05) is 11.9 Å². The number of benzene rings is 2. The average molecular weight is 377 g/mol. The van der Waals surface area contributed by atoms with Gasteiger partial charge in [0.25, 0.3) is 5.56 Å². The van der Waals surface area contributed by atoms with Crippen molar-refractivity contribution in [3.8, 4) is 5.75 Å². The van der Waals surface area contributed by atoms with Crippen LogP contribution < -0.4 is 10.3 Å². The van der Waals surface area contributed by atoms with Crippen LogP contribution in [0.2, 0.25) is 0 Å². The summed E-state index contributed by atoms with van der Waals surface area (Å²) in [6.07, 6.45) is 7.86. The SMILES string of the molecule is COc1ccc(/C=C/c2ccc3c(=O)n(CCCCN(C)C)ncc3c2)cc1. The van der Waals surface area contributed by atoms with Crippen molar-refractivity contribution >= 4 is 22.9 Å². The molecule has 0 fully saturated rings. The predicted octanol–water partition coefficient (Wildman–Crippen LogP) is 3.92. The molecule has 0 aliphatic carbocycles. The van der Waals surface area contributed by atoms with E-state index in [-0.39, 0.29) is 5.56 Å². The summed E-state index contributed by atoms with van der Waals surface area (Å²) in [6, 6.07) is 13.7. The molecule has 28 heavy (non-hydrogen) atoms. The van der Waals surface area contributed by atoms with Gasteiger partial charge in [0.05, 0.1) is 18.7 Å². The fourth-order valence-corrected chi connectivity index (χ4v) is 3.07. The molecule has 146 valence electrons. The number of aromatic nitrogens is 2. The number of hydrogen-bond acceptors (Lipinski definition) is 4. The molecule has 0 bridgehead atoms. The van der Waals surface area contributed by atoms with Crippen molar-refractivity contribution in [2.45, 2.75) is 19.4 Å². The molecule has 0 aliphatic heterocycles. The van der Waals surface area contributed by atoms with Crippen molar-refractivity contribution in [1.29, 1.82) is 0 Å². The van der Waals surface area contributed by atoms with Crippen LogP contribution in [0.15, 0.2) is 53.5 Å². The first kappa shape index (κ1) is 19.8. The van der Waals surface area contributed by atoms with Crippen LogP contribution in [-0.4, -0.2) is 42.4 Å². The molecule has 0 aliphatic rings. The maximum absolute atomic E-state index is 12.7. The van der Waals surface area contributed by atoms with Crippen molar-refractivity contribution in [2.24, 2.45) is 0 Å². The third-order valence-electron chi connectivity index (χ3n) is 4.69. The molecule has 0 atom stereocenters. The average Bonchev–Trinajstić information content (AvgIpc) is 2.71. The minimum absolute atomic E-state index is 0.0203. The molecule has 0 amide bonds. The topological polar surface area (TPSA) is 47.4 Å². The van der Waals surface area contributed by atoms with Crippen molar-refractivity contribution in [3.63, 3.8) is 0 Å². The molecule has 3 aromatic rings. The van der Waals surface area contributed by atoms with E-state index in [0.29, 0.717) is 11.9 Å². The summed E-state index contributed by atoms with van der Waals surface area (Å²) in [5.74, 6) is 0.840. The van der Waals surface area contributed by atoms with Crippen LogP contribution in [0.25, 0.3) is 22.9 Å². The Balaban J connectivity index is 1.73. The monoisotopic (exact) mass is 377 g/mol. The summed E-state index contributed by atoms with van der Waals surface area (Å²) in [6.45, 7) is 1.67. The smallest absolute Gasteiger partial charge is 0.274 e. The van der Waals surface area contributed by atoms with Crippen LogP contribution >= 0.6 is 0 Å². The van der Waals surface area contributed by atoms with Crippen LogP contribution in [-0.2, 0) is 6.54 Å². The van der Waals surface area contributed by atoms with Crippen LogP contribution in [0, 0.1) is 0 Å². The summed E-state index contributed by atoms with van der Waals surface area (Å²) in [5.41, 5.74) is 2.11. The van der Waals surface area contributed by atoms with Gasteiger partial charge < -0.3 is 9.64 Å². The maximum Gasteiger partial charge on any atom is 0.274 e.